The summed E-state index contributed by atoms with van der Waals surface area (Å²) in [4.78, 5) is 30.5. The van der Waals surface area contributed by atoms with Crippen LogP contribution in [0.2, 0.25) is 0 Å². The number of carbonyl (C=O) groups excluding carboxylic acids is 1. The summed E-state index contributed by atoms with van der Waals surface area (Å²) in [6.45, 7) is 3.63. The standard InChI is InChI=1S/C19H21F3N4O2/c1-25-6-8-26(9-7-25)16-5-3-2-4-13(16)11-23-17(27)15-10-14(19(20,21)22)12-24-18(15)28/h2-5,10,12H,6-9,11H2,1H3,(H,23,27)(H,24,28). The first-order chi connectivity index (χ1) is 13.3. The highest BCUT2D eigenvalue weighted by molar-refractivity contribution is 5.94. The Morgan fingerprint density at radius 1 is 1.18 bits per heavy atom. The molecule has 6 nitrogen and oxygen atoms in total. The Hall–Kier alpha value is -2.81. The van der Waals surface area contributed by atoms with Gasteiger partial charge in [-0.25, -0.2) is 0 Å². The molecule has 28 heavy (non-hydrogen) atoms. The van der Waals surface area contributed by atoms with Gasteiger partial charge in [0.1, 0.15) is 5.56 Å². The lowest BCUT2D eigenvalue weighted by Gasteiger charge is -2.35. The summed E-state index contributed by atoms with van der Waals surface area (Å²) in [5.74, 6) is -0.847. The normalized spacial score (nSPS) is 15.5. The number of aromatic amines is 1. The molecule has 1 amide bonds. The highest BCUT2D eigenvalue weighted by Crippen LogP contribution is 2.28. The highest BCUT2D eigenvalue weighted by Gasteiger charge is 2.32. The van der Waals surface area contributed by atoms with Gasteiger partial charge in [0.15, 0.2) is 0 Å². The van der Waals surface area contributed by atoms with Gasteiger partial charge in [-0.15, -0.1) is 0 Å². The third kappa shape index (κ3) is 4.53. The number of H-pyrrole nitrogens is 1. The number of likely N-dealkylation sites (N-methyl/N-ethyl adjacent to an activating group) is 1. The molecule has 0 radical (unpaired) electrons. The average molecular weight is 394 g/mol. The van der Waals surface area contributed by atoms with Crippen molar-refractivity contribution < 1.29 is 18.0 Å². The molecular formula is C19H21F3N4O2. The van der Waals surface area contributed by atoms with Crippen LogP contribution in [0.25, 0.3) is 0 Å². The van der Waals surface area contributed by atoms with Crippen molar-refractivity contribution in [2.45, 2.75) is 12.7 Å². The Kier molecular flexibility index (Phi) is 5.73. The summed E-state index contributed by atoms with van der Waals surface area (Å²) in [7, 11) is 2.05. The number of halogens is 3. The molecule has 0 bridgehead atoms. The van der Waals surface area contributed by atoms with Crippen LogP contribution in [-0.2, 0) is 12.7 Å². The molecular weight excluding hydrogens is 373 g/mol. The molecule has 1 aromatic heterocycles. The van der Waals surface area contributed by atoms with Crippen LogP contribution in [0, 0.1) is 0 Å². The summed E-state index contributed by atoms with van der Waals surface area (Å²) < 4.78 is 38.5. The van der Waals surface area contributed by atoms with Crippen LogP contribution in [0.3, 0.4) is 0 Å². The van der Waals surface area contributed by atoms with Crippen molar-refractivity contribution in [2.75, 3.05) is 38.1 Å². The zero-order valence-corrected chi connectivity index (χ0v) is 15.3. The summed E-state index contributed by atoms with van der Waals surface area (Å²) in [5, 5.41) is 2.56. The van der Waals surface area contributed by atoms with E-state index in [1.807, 2.05) is 29.2 Å². The second kappa shape index (κ2) is 8.05. The predicted octanol–water partition coefficient (Wildman–Crippen LogP) is 2.08. The average Bonchev–Trinajstić information content (AvgIpc) is 2.66. The lowest BCUT2D eigenvalue weighted by molar-refractivity contribution is -0.137. The second-order valence-corrected chi connectivity index (χ2v) is 6.73. The molecule has 0 aliphatic carbocycles. The number of anilines is 1. The number of carbonyl (C=O) groups is 1. The number of alkyl halides is 3. The second-order valence-electron chi connectivity index (χ2n) is 6.73. The van der Waals surface area contributed by atoms with Crippen molar-refractivity contribution in [1.29, 1.82) is 0 Å². The first kappa shape index (κ1) is 19.9. The molecule has 0 atom stereocenters. The van der Waals surface area contributed by atoms with Crippen molar-refractivity contribution in [3.05, 3.63) is 63.6 Å². The van der Waals surface area contributed by atoms with Crippen LogP contribution >= 0.6 is 0 Å². The minimum atomic E-state index is -4.65. The molecule has 3 rings (SSSR count). The van der Waals surface area contributed by atoms with Gasteiger partial charge in [-0.1, -0.05) is 18.2 Å². The highest BCUT2D eigenvalue weighted by atomic mass is 19.4. The zero-order chi connectivity index (χ0) is 20.3. The van der Waals surface area contributed by atoms with Crippen molar-refractivity contribution >= 4 is 11.6 Å². The number of aromatic nitrogens is 1. The molecule has 9 heteroatoms. The summed E-state index contributed by atoms with van der Waals surface area (Å²) >= 11 is 0. The van der Waals surface area contributed by atoms with Crippen LogP contribution in [0.15, 0.2) is 41.3 Å². The zero-order valence-electron chi connectivity index (χ0n) is 15.3. The number of piperazine rings is 1. The molecule has 0 spiro atoms. The third-order valence-electron chi connectivity index (χ3n) is 4.75. The largest absolute Gasteiger partial charge is 0.417 e. The van der Waals surface area contributed by atoms with Gasteiger partial charge in [0.05, 0.1) is 5.56 Å². The fourth-order valence-corrected chi connectivity index (χ4v) is 3.10. The molecule has 1 saturated heterocycles. The Morgan fingerprint density at radius 2 is 1.86 bits per heavy atom. The van der Waals surface area contributed by atoms with Gasteiger partial charge in [-0.2, -0.15) is 13.2 Å². The quantitative estimate of drug-likeness (QED) is 0.833. The van der Waals surface area contributed by atoms with E-state index in [1.54, 1.807) is 0 Å². The molecule has 150 valence electrons. The van der Waals surface area contributed by atoms with Gasteiger partial charge < -0.3 is 20.1 Å². The van der Waals surface area contributed by atoms with Crippen LogP contribution in [-0.4, -0.2) is 49.0 Å². The fourth-order valence-electron chi connectivity index (χ4n) is 3.10. The van der Waals surface area contributed by atoms with Gasteiger partial charge in [0.25, 0.3) is 11.5 Å². The third-order valence-corrected chi connectivity index (χ3v) is 4.75. The molecule has 1 aliphatic rings. The van der Waals surface area contributed by atoms with E-state index >= 15 is 0 Å². The Labute approximate surface area is 160 Å². The molecule has 0 saturated carbocycles. The van der Waals surface area contributed by atoms with E-state index < -0.39 is 28.8 Å². The Bertz CT molecular complexity index is 903. The van der Waals surface area contributed by atoms with Gasteiger partial charge in [-0.05, 0) is 24.7 Å². The van der Waals surface area contributed by atoms with Crippen LogP contribution in [0.5, 0.6) is 0 Å². The molecule has 0 unspecified atom stereocenters. The van der Waals surface area contributed by atoms with E-state index in [0.717, 1.165) is 37.4 Å². The monoisotopic (exact) mass is 394 g/mol. The maximum atomic E-state index is 12.8. The topological polar surface area (TPSA) is 68.4 Å². The number of rotatable bonds is 4. The maximum Gasteiger partial charge on any atom is 0.417 e. The lowest BCUT2D eigenvalue weighted by Crippen LogP contribution is -2.45. The first-order valence-corrected chi connectivity index (χ1v) is 8.85. The number of hydrogen-bond acceptors (Lipinski definition) is 4. The number of para-hydroxylation sites is 1. The fraction of sp³-hybridized carbons (Fsp3) is 0.368. The molecule has 2 aromatic rings. The van der Waals surface area contributed by atoms with Gasteiger partial charge in [0, 0.05) is 44.6 Å². The van der Waals surface area contributed by atoms with E-state index in [4.69, 9.17) is 0 Å². The van der Waals surface area contributed by atoms with Gasteiger partial charge in [-0.3, -0.25) is 9.59 Å². The van der Waals surface area contributed by atoms with Crippen LogP contribution in [0.1, 0.15) is 21.5 Å². The predicted molar refractivity (Wildman–Crippen MR) is 99.4 cm³/mol. The van der Waals surface area contributed by atoms with E-state index in [0.29, 0.717) is 12.3 Å². The van der Waals surface area contributed by atoms with Crippen molar-refractivity contribution in [3.63, 3.8) is 0 Å². The van der Waals surface area contributed by atoms with E-state index in [2.05, 4.69) is 22.2 Å². The van der Waals surface area contributed by atoms with Crippen molar-refractivity contribution in [1.82, 2.24) is 15.2 Å². The van der Waals surface area contributed by atoms with E-state index in [9.17, 15) is 22.8 Å². The van der Waals surface area contributed by atoms with E-state index in [1.165, 1.54) is 0 Å². The molecule has 1 aliphatic heterocycles. The Morgan fingerprint density at radius 3 is 2.54 bits per heavy atom. The van der Waals surface area contributed by atoms with Crippen LogP contribution in [0.4, 0.5) is 18.9 Å². The molecule has 1 aromatic carbocycles. The molecule has 1 fully saturated rings. The number of amides is 1. The molecule has 2 N–H and O–H groups in total. The molecule has 2 heterocycles. The van der Waals surface area contributed by atoms with Gasteiger partial charge in [0.2, 0.25) is 0 Å². The minimum Gasteiger partial charge on any atom is -0.369 e. The SMILES string of the molecule is CN1CCN(c2ccccc2CNC(=O)c2cc(C(F)(F)F)c[nH]c2=O)CC1. The number of hydrogen-bond donors (Lipinski definition) is 2. The maximum absolute atomic E-state index is 12.8. The Balaban J connectivity index is 1.75. The number of nitrogens with one attached hydrogen (secondary N) is 2. The minimum absolute atomic E-state index is 0.108. The van der Waals surface area contributed by atoms with Crippen molar-refractivity contribution in [3.8, 4) is 0 Å². The summed E-state index contributed by atoms with van der Waals surface area (Å²) in [6, 6.07) is 8.10. The van der Waals surface area contributed by atoms with Crippen molar-refractivity contribution in [2.24, 2.45) is 0 Å². The van der Waals surface area contributed by atoms with Gasteiger partial charge >= 0.3 is 6.18 Å². The first-order valence-electron chi connectivity index (χ1n) is 8.85. The van der Waals surface area contributed by atoms with E-state index in [-0.39, 0.29) is 6.54 Å². The van der Waals surface area contributed by atoms with Crippen LogP contribution < -0.4 is 15.8 Å². The number of nitrogens with zero attached hydrogens (tertiary/aromatic N) is 2. The smallest absolute Gasteiger partial charge is 0.369 e. The number of pyridine rings is 1. The summed E-state index contributed by atoms with van der Waals surface area (Å²) in [6.07, 6.45) is -4.09. The lowest BCUT2D eigenvalue weighted by atomic mass is 10.1. The number of benzene rings is 1. The summed E-state index contributed by atoms with van der Waals surface area (Å²) in [5.41, 5.74) is -0.697.